The van der Waals surface area contributed by atoms with Crippen molar-refractivity contribution in [1.82, 2.24) is 0 Å². The van der Waals surface area contributed by atoms with E-state index in [0.717, 1.165) is 37.0 Å². The van der Waals surface area contributed by atoms with E-state index in [4.69, 9.17) is 4.74 Å². The van der Waals surface area contributed by atoms with Crippen LogP contribution in [-0.4, -0.2) is 23.2 Å². The van der Waals surface area contributed by atoms with Crippen molar-refractivity contribution in [2.45, 2.75) is 63.2 Å². The molecular weight excluding hydrogens is 254 g/mol. The Labute approximate surface area is 119 Å². The summed E-state index contributed by atoms with van der Waals surface area (Å²) in [6.45, 7) is 0. The largest absolute Gasteiger partial charge is 0.369 e. The predicted octanol–water partition coefficient (Wildman–Crippen LogP) is 2.88. The molecule has 5 fully saturated rings. The van der Waals surface area contributed by atoms with Gasteiger partial charge in [0.2, 0.25) is 6.04 Å². The van der Waals surface area contributed by atoms with Gasteiger partial charge < -0.3 is 4.74 Å². The van der Waals surface area contributed by atoms with Crippen molar-refractivity contribution in [1.29, 1.82) is 0 Å². The molecule has 0 amide bonds. The zero-order chi connectivity index (χ0) is 13.4. The van der Waals surface area contributed by atoms with Crippen LogP contribution in [0.1, 0.15) is 44.9 Å². The van der Waals surface area contributed by atoms with Crippen LogP contribution >= 0.6 is 0 Å². The van der Waals surface area contributed by atoms with Crippen LogP contribution in [0.3, 0.4) is 0 Å². The molecule has 9 atom stereocenters. The van der Waals surface area contributed by atoms with E-state index in [1.807, 2.05) is 0 Å². The number of nitrogens with zero attached hydrogens (tertiary/aromatic N) is 1. The molecule has 0 spiro atoms. The van der Waals surface area contributed by atoms with Gasteiger partial charge in [-0.2, -0.15) is 0 Å². The number of rotatable bonds is 1. The lowest BCUT2D eigenvalue weighted by atomic mass is 9.47. The minimum atomic E-state index is -0.255. The van der Waals surface area contributed by atoms with Gasteiger partial charge in [-0.05, 0) is 55.3 Å². The first-order chi connectivity index (χ1) is 9.75. The molecule has 0 aromatic carbocycles. The lowest BCUT2D eigenvalue weighted by Crippen LogP contribution is -2.56. The fourth-order valence-corrected chi connectivity index (χ4v) is 6.85. The molecule has 0 aromatic heterocycles. The summed E-state index contributed by atoms with van der Waals surface area (Å²) < 4.78 is 6.07. The van der Waals surface area contributed by atoms with Gasteiger partial charge in [-0.15, -0.1) is 0 Å². The van der Waals surface area contributed by atoms with Crippen LogP contribution in [0.5, 0.6) is 0 Å². The van der Waals surface area contributed by atoms with Crippen LogP contribution in [0.2, 0.25) is 0 Å². The number of hydrogen-bond acceptors (Lipinski definition) is 3. The first-order valence-corrected chi connectivity index (χ1v) is 8.54. The average molecular weight is 277 g/mol. The average Bonchev–Trinajstić information content (AvgIpc) is 3.25. The maximum atomic E-state index is 11.4. The van der Waals surface area contributed by atoms with Gasteiger partial charge >= 0.3 is 0 Å². The molecule has 1 heterocycles. The van der Waals surface area contributed by atoms with Crippen molar-refractivity contribution in [3.63, 3.8) is 0 Å². The van der Waals surface area contributed by atoms with E-state index in [9.17, 15) is 10.1 Å². The number of ether oxygens (including phenoxy) is 1. The maximum Gasteiger partial charge on any atom is 0.216 e. The predicted molar refractivity (Wildman–Crippen MR) is 72.7 cm³/mol. The molecule has 1 saturated heterocycles. The quantitative estimate of drug-likeness (QED) is 0.421. The molecule has 0 bridgehead atoms. The highest BCUT2D eigenvalue weighted by Gasteiger charge is 2.67. The van der Waals surface area contributed by atoms with Crippen LogP contribution < -0.4 is 0 Å². The summed E-state index contributed by atoms with van der Waals surface area (Å²) in [5, 5.41) is 11.4. The van der Waals surface area contributed by atoms with Gasteiger partial charge in [0.05, 0.1) is 12.2 Å². The van der Waals surface area contributed by atoms with Crippen molar-refractivity contribution in [2.75, 3.05) is 0 Å². The standard InChI is InChI=1S/C16H23NO3/c18-17(19)12-7-6-11-14-9(12)5-4-8-2-1-3-10(13(8)14)15-16(11)20-15/h8-16H,1-7H2. The lowest BCUT2D eigenvalue weighted by Gasteiger charge is -2.55. The summed E-state index contributed by atoms with van der Waals surface area (Å²) in [6, 6.07) is -0.255. The minimum Gasteiger partial charge on any atom is -0.369 e. The van der Waals surface area contributed by atoms with Gasteiger partial charge in [0.1, 0.15) is 0 Å². The summed E-state index contributed by atoms with van der Waals surface area (Å²) in [5.74, 6) is 3.99. The molecule has 5 rings (SSSR count). The number of nitro groups is 1. The second kappa shape index (κ2) is 3.96. The van der Waals surface area contributed by atoms with Crippen molar-refractivity contribution in [3.05, 3.63) is 10.1 Å². The van der Waals surface area contributed by atoms with E-state index < -0.39 is 0 Å². The van der Waals surface area contributed by atoms with E-state index in [1.165, 1.54) is 25.7 Å². The third kappa shape index (κ3) is 1.41. The third-order valence-electron chi connectivity index (χ3n) is 7.42. The smallest absolute Gasteiger partial charge is 0.216 e. The summed E-state index contributed by atoms with van der Waals surface area (Å²) in [6.07, 6.45) is 9.27. The van der Waals surface area contributed by atoms with E-state index in [2.05, 4.69) is 0 Å². The molecule has 4 saturated carbocycles. The molecule has 4 heteroatoms. The zero-order valence-electron chi connectivity index (χ0n) is 11.8. The Bertz CT molecular complexity index is 453. The highest BCUT2D eigenvalue weighted by atomic mass is 16.6. The topological polar surface area (TPSA) is 55.7 Å². The second-order valence-corrected chi connectivity index (χ2v) is 7.91. The van der Waals surface area contributed by atoms with E-state index >= 15 is 0 Å². The fraction of sp³-hybridized carbons (Fsp3) is 1.00. The molecule has 0 radical (unpaired) electrons. The SMILES string of the molecule is O=[N+]([O-])C1CCC2C3OC3C3CCCC4CCC1C2C43. The van der Waals surface area contributed by atoms with Crippen LogP contribution in [-0.2, 0) is 4.74 Å². The Kier molecular flexibility index (Phi) is 2.37. The van der Waals surface area contributed by atoms with E-state index in [-0.39, 0.29) is 11.0 Å². The highest BCUT2D eigenvalue weighted by Crippen LogP contribution is 2.64. The Hall–Kier alpha value is -0.640. The van der Waals surface area contributed by atoms with Gasteiger partial charge in [0.15, 0.2) is 0 Å². The van der Waals surface area contributed by atoms with Gasteiger partial charge in [-0.1, -0.05) is 12.8 Å². The van der Waals surface area contributed by atoms with Gasteiger partial charge in [-0.25, -0.2) is 0 Å². The third-order valence-corrected chi connectivity index (χ3v) is 7.42. The monoisotopic (exact) mass is 277 g/mol. The number of fused-ring (bicyclic) bond motifs is 3. The van der Waals surface area contributed by atoms with Gasteiger partial charge in [0.25, 0.3) is 0 Å². The first-order valence-electron chi connectivity index (χ1n) is 8.54. The Morgan fingerprint density at radius 3 is 2.40 bits per heavy atom. The van der Waals surface area contributed by atoms with Crippen molar-refractivity contribution >= 4 is 0 Å². The van der Waals surface area contributed by atoms with Crippen molar-refractivity contribution in [3.8, 4) is 0 Å². The second-order valence-electron chi connectivity index (χ2n) is 7.91. The minimum absolute atomic E-state index is 0.0406. The Morgan fingerprint density at radius 2 is 1.60 bits per heavy atom. The Morgan fingerprint density at radius 1 is 0.850 bits per heavy atom. The van der Waals surface area contributed by atoms with Crippen LogP contribution in [0, 0.1) is 45.6 Å². The molecule has 110 valence electrons. The van der Waals surface area contributed by atoms with Crippen LogP contribution in [0.25, 0.3) is 0 Å². The highest BCUT2D eigenvalue weighted by molar-refractivity contribution is 5.13. The molecule has 20 heavy (non-hydrogen) atoms. The van der Waals surface area contributed by atoms with Gasteiger partial charge in [-0.3, -0.25) is 10.1 Å². The molecule has 0 aromatic rings. The summed E-state index contributed by atoms with van der Waals surface area (Å²) >= 11 is 0. The summed E-state index contributed by atoms with van der Waals surface area (Å²) in [7, 11) is 0. The summed E-state index contributed by atoms with van der Waals surface area (Å²) in [5.41, 5.74) is 0. The molecule has 9 unspecified atom stereocenters. The molecule has 4 nitrogen and oxygen atoms in total. The Balaban J connectivity index is 1.54. The molecule has 5 aliphatic rings. The van der Waals surface area contributed by atoms with Crippen LogP contribution in [0.15, 0.2) is 0 Å². The number of epoxide rings is 1. The van der Waals surface area contributed by atoms with E-state index in [1.54, 1.807) is 0 Å². The first kappa shape index (κ1) is 12.0. The van der Waals surface area contributed by atoms with Gasteiger partial charge in [0, 0.05) is 17.3 Å². The van der Waals surface area contributed by atoms with E-state index in [0.29, 0.717) is 30.0 Å². The summed E-state index contributed by atoms with van der Waals surface area (Å²) in [4.78, 5) is 11.5. The molecule has 0 N–H and O–H groups in total. The normalized spacial score (nSPS) is 59.3. The molecule has 1 aliphatic heterocycles. The number of hydrogen-bond donors (Lipinski definition) is 0. The maximum absolute atomic E-state index is 11.4. The zero-order valence-corrected chi connectivity index (χ0v) is 11.8. The fourth-order valence-electron chi connectivity index (χ4n) is 6.85. The molecular formula is C16H23NO3. The molecule has 4 aliphatic carbocycles. The van der Waals surface area contributed by atoms with Crippen molar-refractivity contribution in [2.24, 2.45) is 35.5 Å². The van der Waals surface area contributed by atoms with Crippen LogP contribution in [0.4, 0.5) is 0 Å². The van der Waals surface area contributed by atoms with Crippen molar-refractivity contribution < 1.29 is 9.66 Å². The lowest BCUT2D eigenvalue weighted by molar-refractivity contribution is -0.541.